The van der Waals surface area contributed by atoms with Gasteiger partial charge in [0, 0.05) is 77.7 Å². The van der Waals surface area contributed by atoms with Crippen LogP contribution in [-0.2, 0) is 44.2 Å². The second-order valence-corrected chi connectivity index (χ2v) is 17.1. The van der Waals surface area contributed by atoms with Gasteiger partial charge in [0.2, 0.25) is 0 Å². The van der Waals surface area contributed by atoms with Gasteiger partial charge in [0.15, 0.2) is 23.0 Å². The van der Waals surface area contributed by atoms with Crippen molar-refractivity contribution in [2.75, 3.05) is 24.0 Å². The smallest absolute Gasteiger partial charge is 0.270 e. The number of hydrogen-bond donors (Lipinski definition) is 0. The molecule has 0 aromatic heterocycles. The van der Waals surface area contributed by atoms with Gasteiger partial charge in [-0.05, 0) is 88.5 Å². The molecule has 0 unspecified atom stereocenters. The minimum atomic E-state index is -0.465. The zero-order valence-electron chi connectivity index (χ0n) is 36.9. The Morgan fingerprint density at radius 1 is 0.618 bits per heavy atom. The Morgan fingerprint density at radius 2 is 1.13 bits per heavy atom. The second-order valence-electron chi connectivity index (χ2n) is 16.6. The van der Waals surface area contributed by atoms with Gasteiger partial charge in [-0.1, -0.05) is 48.5 Å². The maximum atomic E-state index is 13.6. The van der Waals surface area contributed by atoms with Gasteiger partial charge in [0.05, 0.1) is 41.4 Å². The fourth-order valence-corrected chi connectivity index (χ4v) is 9.54. The van der Waals surface area contributed by atoms with E-state index in [1.54, 1.807) is 41.4 Å². The molecule has 15 nitrogen and oxygen atoms in total. The number of hydrogen-bond acceptors (Lipinski definition) is 11. The van der Waals surface area contributed by atoms with Gasteiger partial charge >= 0.3 is 0 Å². The number of fused-ring (bicyclic) bond motifs is 8. The summed E-state index contributed by atoms with van der Waals surface area (Å²) >= 11 is 11.8. The van der Waals surface area contributed by atoms with Crippen LogP contribution in [0.2, 0.25) is 0 Å². The van der Waals surface area contributed by atoms with Crippen LogP contribution in [0.25, 0.3) is 0 Å². The lowest BCUT2D eigenvalue weighted by Gasteiger charge is -2.23. The van der Waals surface area contributed by atoms with Crippen LogP contribution in [0.3, 0.4) is 0 Å². The SMILES string of the molecule is COc1cc2c(cc1OCc1cc(CCl)cc([N+](=O)[O-])c1)CC[C@@H]1Cc3ccccc3N1C2=O.COc1cc2c(cc1OCc1cc(CCl)cc([N+](=O)[O-])c1)N=C[C@@H]1Cc3ccccc3N1C2=O. The van der Waals surface area contributed by atoms with Crippen molar-refractivity contribution in [3.05, 3.63) is 179 Å². The number of aliphatic imine (C=N–C) groups is 1. The number of carbonyl (C=O) groups is 2. The molecule has 4 aliphatic rings. The van der Waals surface area contributed by atoms with Crippen molar-refractivity contribution in [2.45, 2.75) is 62.7 Å². The third-order valence-corrected chi connectivity index (χ3v) is 13.0. The molecule has 346 valence electrons. The van der Waals surface area contributed by atoms with Crippen molar-refractivity contribution in [2.24, 2.45) is 4.99 Å². The number of anilines is 2. The number of nitrogens with zero attached hydrogens (tertiary/aromatic N) is 5. The number of aryl methyl sites for hydroxylation is 1. The third kappa shape index (κ3) is 9.02. The number of nitro groups is 2. The lowest BCUT2D eigenvalue weighted by molar-refractivity contribution is -0.385. The highest BCUT2D eigenvalue weighted by Crippen LogP contribution is 2.43. The predicted molar refractivity (Wildman–Crippen MR) is 258 cm³/mol. The molecule has 68 heavy (non-hydrogen) atoms. The number of nitro benzene ring substituents is 2. The number of carbonyl (C=O) groups excluding carboxylic acids is 2. The maximum absolute atomic E-state index is 13.6. The summed E-state index contributed by atoms with van der Waals surface area (Å²) in [5, 5.41) is 22.5. The first-order valence-corrected chi connectivity index (χ1v) is 22.8. The van der Waals surface area contributed by atoms with Gasteiger partial charge in [-0.2, -0.15) is 0 Å². The summed E-state index contributed by atoms with van der Waals surface area (Å²) in [6, 6.07) is 32.1. The first kappa shape index (κ1) is 45.7. The average molecular weight is 957 g/mol. The minimum Gasteiger partial charge on any atom is -0.493 e. The molecule has 0 saturated carbocycles. The van der Waals surface area contributed by atoms with Gasteiger partial charge in [-0.15, -0.1) is 23.2 Å². The summed E-state index contributed by atoms with van der Waals surface area (Å²) in [6.07, 6.45) is 4.93. The van der Waals surface area contributed by atoms with E-state index in [1.807, 2.05) is 53.4 Å². The van der Waals surface area contributed by atoms with Crippen molar-refractivity contribution in [1.82, 2.24) is 0 Å². The highest BCUT2D eigenvalue weighted by Gasteiger charge is 2.38. The summed E-state index contributed by atoms with van der Waals surface area (Å²) in [4.78, 5) is 56.9. The van der Waals surface area contributed by atoms with Gasteiger partial charge in [-0.25, -0.2) is 0 Å². The van der Waals surface area contributed by atoms with Gasteiger partial charge < -0.3 is 23.8 Å². The standard InChI is InChI=1S/C26H23ClN2O5.C25H20ClN3O5/c1-33-24-13-22-18(6-7-20-11-19-4-2-3-5-23(19)28(20)26(22)30)12-25(24)34-15-17-8-16(14-27)9-21(10-17)29(31)32;1-33-23-10-20-21(27-13-19-9-17-4-2-3-5-22(17)28(19)25(20)30)11-24(23)34-14-16-6-15(12-26)7-18(8-16)29(31)32/h2-5,8-10,12-13,20H,6-7,11,14-15H2,1H3;2-8,10-11,13,19H,9,12,14H2,1H3/t20-;19-/m10/s1. The fraction of sp³-hybridized carbons (Fsp3) is 0.235. The van der Waals surface area contributed by atoms with Crippen LogP contribution in [0.4, 0.5) is 28.4 Å². The highest BCUT2D eigenvalue weighted by molar-refractivity contribution is 6.17. The normalized spacial score (nSPS) is 16.1. The van der Waals surface area contributed by atoms with E-state index in [0.717, 1.165) is 41.8 Å². The Kier molecular flexibility index (Phi) is 13.0. The Labute approximate surface area is 400 Å². The van der Waals surface area contributed by atoms with Gasteiger partial charge in [-0.3, -0.25) is 39.7 Å². The topological polar surface area (TPSA) is 176 Å². The van der Waals surface area contributed by atoms with Crippen LogP contribution in [0, 0.1) is 20.2 Å². The fourth-order valence-electron chi connectivity index (χ4n) is 9.23. The van der Waals surface area contributed by atoms with E-state index in [4.69, 9.17) is 42.1 Å². The molecule has 2 amide bonds. The van der Waals surface area contributed by atoms with E-state index in [0.29, 0.717) is 68.5 Å². The molecule has 0 fully saturated rings. The monoisotopic (exact) mass is 955 g/mol. The molecule has 0 N–H and O–H groups in total. The lowest BCUT2D eigenvalue weighted by Crippen LogP contribution is -2.37. The van der Waals surface area contributed by atoms with Crippen molar-refractivity contribution in [3.63, 3.8) is 0 Å². The second kappa shape index (κ2) is 19.4. The van der Waals surface area contributed by atoms with Crippen molar-refractivity contribution in [3.8, 4) is 23.0 Å². The summed E-state index contributed by atoms with van der Waals surface area (Å²) in [5.41, 5.74) is 9.01. The largest absolute Gasteiger partial charge is 0.493 e. The molecular weight excluding hydrogens is 913 g/mol. The first-order valence-electron chi connectivity index (χ1n) is 21.7. The molecule has 0 spiro atoms. The molecule has 4 heterocycles. The summed E-state index contributed by atoms with van der Waals surface area (Å²) < 4.78 is 23.0. The summed E-state index contributed by atoms with van der Waals surface area (Å²) in [6.45, 7) is 0.164. The van der Waals surface area contributed by atoms with Crippen LogP contribution < -0.4 is 28.7 Å². The van der Waals surface area contributed by atoms with E-state index in [1.165, 1.54) is 44.0 Å². The van der Waals surface area contributed by atoms with E-state index in [-0.39, 0.29) is 60.2 Å². The molecule has 10 rings (SSSR count). The Bertz CT molecular complexity index is 3030. The van der Waals surface area contributed by atoms with E-state index >= 15 is 0 Å². The number of ether oxygens (including phenoxy) is 4. The molecule has 0 aliphatic carbocycles. The molecule has 6 aromatic carbocycles. The summed E-state index contributed by atoms with van der Waals surface area (Å²) in [7, 11) is 3.02. The van der Waals surface area contributed by atoms with Crippen molar-refractivity contribution < 1.29 is 38.4 Å². The number of halogens is 2. The molecule has 0 bridgehead atoms. The zero-order valence-corrected chi connectivity index (χ0v) is 38.4. The van der Waals surface area contributed by atoms with E-state index in [2.05, 4.69) is 11.1 Å². The molecular formula is C51H43Cl2N5O10. The number of amides is 2. The number of para-hydroxylation sites is 2. The van der Waals surface area contributed by atoms with Crippen molar-refractivity contribution in [1.29, 1.82) is 0 Å². The predicted octanol–water partition coefficient (Wildman–Crippen LogP) is 10.6. The molecule has 2 atom stereocenters. The van der Waals surface area contributed by atoms with Crippen LogP contribution in [0.1, 0.15) is 66.1 Å². The molecule has 6 aromatic rings. The molecule has 0 radical (unpaired) electrons. The Hall–Kier alpha value is -7.49. The van der Waals surface area contributed by atoms with Crippen LogP contribution in [0.15, 0.2) is 114 Å². The zero-order chi connectivity index (χ0) is 47.6. The van der Waals surface area contributed by atoms with Crippen LogP contribution in [-0.4, -0.2) is 54.2 Å². The average Bonchev–Trinajstić information content (AvgIpc) is 3.85. The number of benzene rings is 6. The number of rotatable bonds is 12. The summed E-state index contributed by atoms with van der Waals surface area (Å²) in [5.74, 6) is 1.82. The highest BCUT2D eigenvalue weighted by atomic mass is 35.5. The maximum Gasteiger partial charge on any atom is 0.270 e. The quantitative estimate of drug-likeness (QED) is 0.0652. The molecule has 17 heteroatoms. The Morgan fingerprint density at radius 3 is 1.71 bits per heavy atom. The first-order chi connectivity index (χ1) is 33.0. The number of non-ortho nitro benzene ring substituents is 2. The van der Waals surface area contributed by atoms with E-state index < -0.39 is 9.85 Å². The van der Waals surface area contributed by atoms with Crippen molar-refractivity contribution >= 4 is 69.7 Å². The number of methoxy groups -OCH3 is 2. The third-order valence-electron chi connectivity index (χ3n) is 12.4. The van der Waals surface area contributed by atoms with E-state index in [9.17, 15) is 29.8 Å². The minimum absolute atomic E-state index is 0.0299. The number of alkyl halides is 2. The lowest BCUT2D eigenvalue weighted by atomic mass is 9.99. The van der Waals surface area contributed by atoms with Crippen LogP contribution >= 0.6 is 23.2 Å². The molecule has 0 saturated heterocycles. The van der Waals surface area contributed by atoms with Crippen LogP contribution in [0.5, 0.6) is 23.0 Å². The molecule has 4 aliphatic heterocycles. The van der Waals surface area contributed by atoms with Gasteiger partial charge in [0.1, 0.15) is 13.2 Å². The Balaban J connectivity index is 0.000000170. The van der Waals surface area contributed by atoms with Gasteiger partial charge in [0.25, 0.3) is 23.2 Å².